The molecular formula is C13H13ClFN. The first kappa shape index (κ1) is 11.3. The second-order valence-corrected chi connectivity index (χ2v) is 4.34. The Morgan fingerprint density at radius 2 is 2.06 bits per heavy atom. The van der Waals surface area contributed by atoms with Crippen LogP contribution in [0.25, 0.3) is 10.9 Å². The standard InChI is InChI=1S/C13H13ClFN/c1-3-4-9-6-11-8(2)5-10(15)7-12(11)16-13(9)14/h5-7H,3-4H2,1-2H3. The van der Waals surface area contributed by atoms with Crippen molar-refractivity contribution in [2.45, 2.75) is 26.7 Å². The minimum Gasteiger partial charge on any atom is -0.236 e. The van der Waals surface area contributed by atoms with Crippen LogP contribution in [0.2, 0.25) is 5.15 Å². The average molecular weight is 238 g/mol. The lowest BCUT2D eigenvalue weighted by Gasteiger charge is -2.07. The first-order chi connectivity index (χ1) is 7.61. The molecule has 0 aliphatic carbocycles. The van der Waals surface area contributed by atoms with Crippen LogP contribution in [0.4, 0.5) is 4.39 Å². The van der Waals surface area contributed by atoms with Crippen molar-refractivity contribution in [2.24, 2.45) is 0 Å². The lowest BCUT2D eigenvalue weighted by Crippen LogP contribution is -1.92. The topological polar surface area (TPSA) is 12.9 Å². The van der Waals surface area contributed by atoms with Gasteiger partial charge in [0, 0.05) is 11.5 Å². The lowest BCUT2D eigenvalue weighted by atomic mass is 10.1. The zero-order chi connectivity index (χ0) is 11.7. The van der Waals surface area contributed by atoms with Crippen molar-refractivity contribution in [3.63, 3.8) is 0 Å². The molecule has 0 bridgehead atoms. The maximum Gasteiger partial charge on any atom is 0.132 e. The highest BCUT2D eigenvalue weighted by atomic mass is 35.5. The van der Waals surface area contributed by atoms with Gasteiger partial charge in [-0.15, -0.1) is 0 Å². The second-order valence-electron chi connectivity index (χ2n) is 3.98. The van der Waals surface area contributed by atoms with Crippen molar-refractivity contribution in [3.05, 3.63) is 40.3 Å². The molecule has 1 aromatic heterocycles. The van der Waals surface area contributed by atoms with E-state index in [1.807, 2.05) is 13.0 Å². The number of aryl methyl sites for hydroxylation is 2. The zero-order valence-corrected chi connectivity index (χ0v) is 10.1. The van der Waals surface area contributed by atoms with Crippen LogP contribution in [0.3, 0.4) is 0 Å². The highest BCUT2D eigenvalue weighted by molar-refractivity contribution is 6.30. The number of rotatable bonds is 2. The summed E-state index contributed by atoms with van der Waals surface area (Å²) in [5.74, 6) is -0.267. The minimum absolute atomic E-state index is 0.267. The number of pyridine rings is 1. The van der Waals surface area contributed by atoms with Crippen LogP contribution in [-0.2, 0) is 6.42 Å². The molecular weight excluding hydrogens is 225 g/mol. The molecule has 0 aliphatic rings. The van der Waals surface area contributed by atoms with Crippen molar-refractivity contribution in [2.75, 3.05) is 0 Å². The molecule has 0 saturated carbocycles. The summed E-state index contributed by atoms with van der Waals surface area (Å²) in [6.45, 7) is 3.98. The Balaban J connectivity index is 2.69. The molecule has 3 heteroatoms. The van der Waals surface area contributed by atoms with Crippen molar-refractivity contribution in [3.8, 4) is 0 Å². The Morgan fingerprint density at radius 3 is 2.75 bits per heavy atom. The summed E-state index contributed by atoms with van der Waals surface area (Å²) in [5.41, 5.74) is 2.56. The summed E-state index contributed by atoms with van der Waals surface area (Å²) in [5, 5.41) is 1.47. The SMILES string of the molecule is CCCc1cc2c(C)cc(F)cc2nc1Cl. The van der Waals surface area contributed by atoms with E-state index in [0.29, 0.717) is 10.7 Å². The van der Waals surface area contributed by atoms with Gasteiger partial charge in [0.2, 0.25) is 0 Å². The van der Waals surface area contributed by atoms with Gasteiger partial charge in [-0.05, 0) is 36.6 Å². The Hall–Kier alpha value is -1.15. The van der Waals surface area contributed by atoms with Gasteiger partial charge in [-0.3, -0.25) is 0 Å². The van der Waals surface area contributed by atoms with Crippen molar-refractivity contribution in [1.29, 1.82) is 0 Å². The maximum atomic E-state index is 13.2. The molecule has 84 valence electrons. The number of aromatic nitrogens is 1. The molecule has 1 heterocycles. The molecule has 2 aromatic rings. The average Bonchev–Trinajstić information content (AvgIpc) is 2.20. The van der Waals surface area contributed by atoms with E-state index in [1.165, 1.54) is 12.1 Å². The molecule has 0 atom stereocenters. The van der Waals surface area contributed by atoms with Crippen LogP contribution in [0.15, 0.2) is 18.2 Å². The van der Waals surface area contributed by atoms with Gasteiger partial charge < -0.3 is 0 Å². The highest BCUT2D eigenvalue weighted by Crippen LogP contribution is 2.25. The first-order valence-electron chi connectivity index (χ1n) is 5.37. The van der Waals surface area contributed by atoms with E-state index in [4.69, 9.17) is 11.6 Å². The van der Waals surface area contributed by atoms with E-state index >= 15 is 0 Å². The molecule has 0 amide bonds. The van der Waals surface area contributed by atoms with Crippen LogP contribution < -0.4 is 0 Å². The fourth-order valence-electron chi connectivity index (χ4n) is 1.87. The third-order valence-corrected chi connectivity index (χ3v) is 2.98. The van der Waals surface area contributed by atoms with E-state index < -0.39 is 0 Å². The summed E-state index contributed by atoms with van der Waals surface area (Å²) < 4.78 is 13.2. The smallest absolute Gasteiger partial charge is 0.132 e. The quantitative estimate of drug-likeness (QED) is 0.710. The molecule has 0 N–H and O–H groups in total. The molecule has 2 rings (SSSR count). The van der Waals surface area contributed by atoms with E-state index in [2.05, 4.69) is 11.9 Å². The van der Waals surface area contributed by atoms with Gasteiger partial charge in [-0.2, -0.15) is 0 Å². The molecule has 0 fully saturated rings. The third-order valence-electron chi connectivity index (χ3n) is 2.65. The number of nitrogens with zero attached hydrogens (tertiary/aromatic N) is 1. The molecule has 0 aliphatic heterocycles. The Morgan fingerprint density at radius 1 is 1.31 bits per heavy atom. The lowest BCUT2D eigenvalue weighted by molar-refractivity contribution is 0.628. The highest BCUT2D eigenvalue weighted by Gasteiger charge is 2.07. The normalized spacial score (nSPS) is 11.0. The number of hydrogen-bond acceptors (Lipinski definition) is 1. The monoisotopic (exact) mass is 237 g/mol. The van der Waals surface area contributed by atoms with Crippen molar-refractivity contribution < 1.29 is 4.39 Å². The van der Waals surface area contributed by atoms with Gasteiger partial charge in [-0.1, -0.05) is 24.9 Å². The summed E-state index contributed by atoms with van der Waals surface area (Å²) in [4.78, 5) is 4.24. The summed E-state index contributed by atoms with van der Waals surface area (Å²) in [6.07, 6.45) is 1.92. The van der Waals surface area contributed by atoms with Crippen LogP contribution in [0.5, 0.6) is 0 Å². The van der Waals surface area contributed by atoms with Crippen molar-refractivity contribution >= 4 is 22.5 Å². The number of halogens is 2. The Labute approximate surface area is 99.3 Å². The molecule has 0 radical (unpaired) electrons. The molecule has 1 aromatic carbocycles. The van der Waals surface area contributed by atoms with Gasteiger partial charge in [0.15, 0.2) is 0 Å². The number of hydrogen-bond donors (Lipinski definition) is 0. The van der Waals surface area contributed by atoms with Gasteiger partial charge in [0.1, 0.15) is 11.0 Å². The Bertz CT molecular complexity index is 537. The van der Waals surface area contributed by atoms with Crippen LogP contribution >= 0.6 is 11.6 Å². The molecule has 1 nitrogen and oxygen atoms in total. The molecule has 0 spiro atoms. The largest absolute Gasteiger partial charge is 0.236 e. The van der Waals surface area contributed by atoms with E-state index in [-0.39, 0.29) is 5.82 Å². The Kier molecular flexibility index (Phi) is 3.10. The summed E-state index contributed by atoms with van der Waals surface area (Å²) in [6, 6.07) is 4.96. The predicted molar refractivity (Wildman–Crippen MR) is 65.4 cm³/mol. The van der Waals surface area contributed by atoms with Gasteiger partial charge in [0.05, 0.1) is 5.52 Å². The summed E-state index contributed by atoms with van der Waals surface area (Å²) in [7, 11) is 0. The second kappa shape index (κ2) is 4.38. The van der Waals surface area contributed by atoms with Gasteiger partial charge in [0.25, 0.3) is 0 Å². The van der Waals surface area contributed by atoms with Crippen molar-refractivity contribution in [1.82, 2.24) is 4.98 Å². The van der Waals surface area contributed by atoms with Gasteiger partial charge in [-0.25, -0.2) is 9.37 Å². The van der Waals surface area contributed by atoms with Crippen LogP contribution in [0, 0.1) is 12.7 Å². The number of benzene rings is 1. The first-order valence-corrected chi connectivity index (χ1v) is 5.75. The van der Waals surface area contributed by atoms with E-state index in [0.717, 1.165) is 29.4 Å². The molecule has 0 saturated heterocycles. The minimum atomic E-state index is -0.267. The van der Waals surface area contributed by atoms with E-state index in [1.54, 1.807) is 0 Å². The van der Waals surface area contributed by atoms with E-state index in [9.17, 15) is 4.39 Å². The fraction of sp³-hybridized carbons (Fsp3) is 0.308. The summed E-state index contributed by atoms with van der Waals surface area (Å²) >= 11 is 6.05. The maximum absolute atomic E-state index is 13.2. The zero-order valence-electron chi connectivity index (χ0n) is 9.35. The molecule has 0 unspecified atom stereocenters. The van der Waals surface area contributed by atoms with Crippen LogP contribution in [0.1, 0.15) is 24.5 Å². The van der Waals surface area contributed by atoms with Crippen LogP contribution in [-0.4, -0.2) is 4.98 Å². The predicted octanol–water partition coefficient (Wildman–Crippen LogP) is 4.29. The third kappa shape index (κ3) is 2.03. The fourth-order valence-corrected chi connectivity index (χ4v) is 2.11. The van der Waals surface area contributed by atoms with Gasteiger partial charge >= 0.3 is 0 Å². The number of fused-ring (bicyclic) bond motifs is 1. The molecule has 16 heavy (non-hydrogen) atoms.